The van der Waals surface area contributed by atoms with Crippen molar-refractivity contribution in [2.75, 3.05) is 13.1 Å². The van der Waals surface area contributed by atoms with E-state index in [2.05, 4.69) is 0 Å². The number of carbonyl (C=O) groups excluding carboxylic acids is 1. The van der Waals surface area contributed by atoms with E-state index in [9.17, 15) is 22.0 Å². The fraction of sp³-hybridized carbons (Fsp3) is 0.364. The Hall–Kier alpha value is -1.21. The number of hydrogen-bond donors (Lipinski definition) is 0. The Kier molecular flexibility index (Phi) is 4.86. The second-order valence-corrected chi connectivity index (χ2v) is 6.21. The van der Waals surface area contributed by atoms with Crippen LogP contribution in [0.2, 0.25) is 0 Å². The third kappa shape index (κ3) is 3.42. The summed E-state index contributed by atoms with van der Waals surface area (Å²) < 4.78 is 48.9. The second kappa shape index (κ2) is 5.83. The summed E-state index contributed by atoms with van der Waals surface area (Å²) in [6, 6.07) is 0.958. The zero-order valence-electron chi connectivity index (χ0n) is 10.3. The van der Waals surface area contributed by atoms with Gasteiger partial charge in [-0.15, -0.1) is 0 Å². The van der Waals surface area contributed by atoms with Gasteiger partial charge in [0.15, 0.2) is 11.6 Å². The van der Waals surface area contributed by atoms with E-state index >= 15 is 0 Å². The molecule has 0 heterocycles. The van der Waals surface area contributed by atoms with Crippen LogP contribution in [0.3, 0.4) is 0 Å². The molecule has 1 aromatic carbocycles. The summed E-state index contributed by atoms with van der Waals surface area (Å²) in [7, 11) is 0.786. The summed E-state index contributed by atoms with van der Waals surface area (Å²) >= 11 is 0. The minimum absolute atomic E-state index is 0.302. The van der Waals surface area contributed by atoms with Gasteiger partial charge in [0.25, 0.3) is 15.0 Å². The molecule has 1 aromatic rings. The van der Waals surface area contributed by atoms with Crippen molar-refractivity contribution in [3.8, 4) is 0 Å². The summed E-state index contributed by atoms with van der Waals surface area (Å²) in [5.41, 5.74) is -0.474. The van der Waals surface area contributed by atoms with Gasteiger partial charge < -0.3 is 4.90 Å². The Morgan fingerprint density at radius 3 is 2.11 bits per heavy atom. The third-order valence-corrected chi connectivity index (χ3v) is 3.93. The van der Waals surface area contributed by atoms with Crippen LogP contribution in [0.5, 0.6) is 0 Å². The highest BCUT2D eigenvalue weighted by Crippen LogP contribution is 2.24. The van der Waals surface area contributed by atoms with Crippen LogP contribution in [0.1, 0.15) is 24.2 Å². The largest absolute Gasteiger partial charge is 0.339 e. The highest BCUT2D eigenvalue weighted by molar-refractivity contribution is 8.13. The van der Waals surface area contributed by atoms with Gasteiger partial charge in [0, 0.05) is 23.8 Å². The molecule has 1 amide bonds. The molecule has 0 aliphatic heterocycles. The molecule has 0 bridgehead atoms. The predicted octanol–water partition coefficient (Wildman–Crippen LogP) is 2.37. The SMILES string of the molecule is CCN(CC)C(=O)c1cc(F)c(F)cc1S(=O)(=O)Cl. The van der Waals surface area contributed by atoms with E-state index < -0.39 is 37.1 Å². The molecule has 0 saturated heterocycles. The molecular formula is C11H12ClF2NO3S. The zero-order valence-corrected chi connectivity index (χ0v) is 11.9. The highest BCUT2D eigenvalue weighted by atomic mass is 35.7. The molecule has 8 heteroatoms. The van der Waals surface area contributed by atoms with Crippen molar-refractivity contribution in [3.05, 3.63) is 29.3 Å². The first kappa shape index (κ1) is 15.8. The van der Waals surface area contributed by atoms with Crippen LogP contribution in [0.25, 0.3) is 0 Å². The minimum Gasteiger partial charge on any atom is -0.339 e. The number of benzene rings is 1. The van der Waals surface area contributed by atoms with Crippen LogP contribution >= 0.6 is 10.7 Å². The maximum Gasteiger partial charge on any atom is 0.262 e. The number of nitrogens with zero attached hydrogens (tertiary/aromatic N) is 1. The van der Waals surface area contributed by atoms with Crippen molar-refractivity contribution in [1.29, 1.82) is 0 Å². The number of carbonyl (C=O) groups is 1. The number of rotatable bonds is 4. The van der Waals surface area contributed by atoms with Crippen molar-refractivity contribution in [2.45, 2.75) is 18.7 Å². The molecule has 0 radical (unpaired) electrons. The summed E-state index contributed by atoms with van der Waals surface area (Å²) in [4.78, 5) is 12.6. The number of hydrogen-bond acceptors (Lipinski definition) is 3. The lowest BCUT2D eigenvalue weighted by Crippen LogP contribution is -2.31. The van der Waals surface area contributed by atoms with Gasteiger partial charge in [-0.3, -0.25) is 4.79 Å². The van der Waals surface area contributed by atoms with E-state index in [-0.39, 0.29) is 0 Å². The number of halogens is 3. The summed E-state index contributed by atoms with van der Waals surface area (Å²) in [6.45, 7) is 3.96. The highest BCUT2D eigenvalue weighted by Gasteiger charge is 2.26. The van der Waals surface area contributed by atoms with Crippen molar-refractivity contribution >= 4 is 25.6 Å². The quantitative estimate of drug-likeness (QED) is 0.802. The van der Waals surface area contributed by atoms with Gasteiger partial charge in [-0.25, -0.2) is 17.2 Å². The normalized spacial score (nSPS) is 11.4. The Labute approximate surface area is 114 Å². The minimum atomic E-state index is -4.35. The van der Waals surface area contributed by atoms with Crippen molar-refractivity contribution in [1.82, 2.24) is 4.90 Å². The molecule has 0 fully saturated rings. The molecule has 0 aliphatic carbocycles. The van der Waals surface area contributed by atoms with Crippen LogP contribution in [0, 0.1) is 11.6 Å². The van der Waals surface area contributed by atoms with Crippen molar-refractivity contribution in [2.24, 2.45) is 0 Å². The molecule has 0 saturated carbocycles. The molecule has 19 heavy (non-hydrogen) atoms. The molecule has 0 aliphatic rings. The van der Waals surface area contributed by atoms with E-state index in [1.54, 1.807) is 13.8 Å². The first-order valence-electron chi connectivity index (χ1n) is 5.45. The maximum atomic E-state index is 13.2. The smallest absolute Gasteiger partial charge is 0.262 e. The summed E-state index contributed by atoms with van der Waals surface area (Å²) in [6.07, 6.45) is 0. The Morgan fingerprint density at radius 1 is 1.21 bits per heavy atom. The molecule has 106 valence electrons. The van der Waals surface area contributed by atoms with E-state index in [1.807, 2.05) is 0 Å². The fourth-order valence-electron chi connectivity index (χ4n) is 1.58. The van der Waals surface area contributed by atoms with E-state index in [4.69, 9.17) is 10.7 Å². The van der Waals surface area contributed by atoms with Crippen LogP contribution in [-0.4, -0.2) is 32.3 Å². The third-order valence-electron chi connectivity index (χ3n) is 2.57. The maximum absolute atomic E-state index is 13.2. The monoisotopic (exact) mass is 311 g/mol. The lowest BCUT2D eigenvalue weighted by Gasteiger charge is -2.19. The van der Waals surface area contributed by atoms with E-state index in [0.717, 1.165) is 0 Å². The first-order valence-corrected chi connectivity index (χ1v) is 7.76. The Bertz CT molecular complexity index is 600. The van der Waals surface area contributed by atoms with Gasteiger partial charge in [0.05, 0.1) is 10.5 Å². The van der Waals surface area contributed by atoms with Gasteiger partial charge >= 0.3 is 0 Å². The standard InChI is InChI=1S/C11H12ClF2NO3S/c1-3-15(4-2)11(16)7-5-8(13)9(14)6-10(7)19(12,17)18/h5-6H,3-4H2,1-2H3. The van der Waals surface area contributed by atoms with Gasteiger partial charge in [0.1, 0.15) is 0 Å². The molecule has 0 spiro atoms. The van der Waals surface area contributed by atoms with E-state index in [1.165, 1.54) is 4.90 Å². The second-order valence-electron chi connectivity index (χ2n) is 3.68. The van der Waals surface area contributed by atoms with Gasteiger partial charge in [-0.05, 0) is 26.0 Å². The molecular weight excluding hydrogens is 300 g/mol. The average molecular weight is 312 g/mol. The van der Waals surface area contributed by atoms with Gasteiger partial charge in [-0.1, -0.05) is 0 Å². The van der Waals surface area contributed by atoms with Crippen LogP contribution in [0.4, 0.5) is 8.78 Å². The van der Waals surface area contributed by atoms with Gasteiger partial charge in [-0.2, -0.15) is 0 Å². The topological polar surface area (TPSA) is 54.5 Å². The first-order chi connectivity index (χ1) is 8.72. The lowest BCUT2D eigenvalue weighted by atomic mass is 10.2. The lowest BCUT2D eigenvalue weighted by molar-refractivity contribution is 0.0768. The average Bonchev–Trinajstić information content (AvgIpc) is 2.32. The molecule has 0 atom stereocenters. The van der Waals surface area contributed by atoms with Crippen molar-refractivity contribution in [3.63, 3.8) is 0 Å². The van der Waals surface area contributed by atoms with Crippen LogP contribution in [-0.2, 0) is 9.05 Å². The number of amides is 1. The van der Waals surface area contributed by atoms with Crippen LogP contribution < -0.4 is 0 Å². The zero-order chi connectivity index (χ0) is 14.8. The molecule has 1 rings (SSSR count). The summed E-state index contributed by atoms with van der Waals surface area (Å²) in [5.74, 6) is -3.40. The Balaban J connectivity index is 3.50. The molecule has 0 N–H and O–H groups in total. The van der Waals surface area contributed by atoms with Crippen molar-refractivity contribution < 1.29 is 22.0 Å². The predicted molar refractivity (Wildman–Crippen MR) is 66.6 cm³/mol. The Morgan fingerprint density at radius 2 is 1.68 bits per heavy atom. The summed E-state index contributed by atoms with van der Waals surface area (Å²) in [5, 5.41) is 0. The van der Waals surface area contributed by atoms with E-state index in [0.29, 0.717) is 25.2 Å². The molecule has 0 aromatic heterocycles. The fourth-order valence-corrected chi connectivity index (χ4v) is 2.61. The molecule has 0 unspecified atom stereocenters. The van der Waals surface area contributed by atoms with Crippen LogP contribution in [0.15, 0.2) is 17.0 Å². The molecule has 4 nitrogen and oxygen atoms in total. The van der Waals surface area contributed by atoms with Gasteiger partial charge in [0.2, 0.25) is 0 Å².